The van der Waals surface area contributed by atoms with Crippen molar-refractivity contribution in [3.63, 3.8) is 0 Å². The van der Waals surface area contributed by atoms with Crippen molar-refractivity contribution < 1.29 is 9.45 Å². The van der Waals surface area contributed by atoms with Gasteiger partial charge in [0.05, 0.1) is 23.7 Å². The molecule has 0 aliphatic carbocycles. The summed E-state index contributed by atoms with van der Waals surface area (Å²) in [6.45, 7) is 8.18. The first-order valence-electron chi connectivity index (χ1n) is 8.97. The van der Waals surface area contributed by atoms with E-state index < -0.39 is 4.92 Å². The second-order valence-electron chi connectivity index (χ2n) is 6.21. The van der Waals surface area contributed by atoms with Crippen LogP contribution in [-0.4, -0.2) is 74.9 Å². The van der Waals surface area contributed by atoms with Gasteiger partial charge in [0.15, 0.2) is 5.96 Å². The molecule has 1 aliphatic rings. The molecule has 12 heteroatoms. The molecule has 1 saturated heterocycles. The maximum atomic E-state index is 10.7. The molecule has 0 atom stereocenters. The van der Waals surface area contributed by atoms with Gasteiger partial charge in [-0.3, -0.25) is 24.7 Å². The Morgan fingerprint density at radius 3 is 2.79 bits per heavy atom. The molecule has 1 aliphatic heterocycles. The fourth-order valence-corrected chi connectivity index (χ4v) is 2.92. The molecular weight excluding hydrogens is 479 g/mol. The maximum absolute atomic E-state index is 10.7. The molecule has 28 heavy (non-hydrogen) atoms. The largest absolute Gasteiger partial charge is 0.364 e. The average Bonchev–Trinajstić information content (AvgIpc) is 3.34. The first kappa shape index (κ1) is 22.1. The highest BCUT2D eigenvalue weighted by Crippen LogP contribution is 2.09. The smallest absolute Gasteiger partial charge is 0.306 e. The molecule has 0 amide bonds. The zero-order valence-electron chi connectivity index (χ0n) is 15.7. The quantitative estimate of drug-likeness (QED) is 0.197. The topological polar surface area (TPSA) is 118 Å². The molecule has 2 aromatic rings. The van der Waals surface area contributed by atoms with Crippen LogP contribution in [0, 0.1) is 10.1 Å². The lowest BCUT2D eigenvalue weighted by molar-refractivity contribution is -0.385. The Kier molecular flexibility index (Phi) is 8.63. The van der Waals surface area contributed by atoms with Crippen molar-refractivity contribution in [1.82, 2.24) is 30.1 Å². The maximum Gasteiger partial charge on any atom is 0.306 e. The van der Waals surface area contributed by atoms with Gasteiger partial charge in [0.1, 0.15) is 18.7 Å². The number of hydrogen-bond acceptors (Lipinski definition) is 7. The normalized spacial score (nSPS) is 15.3. The Morgan fingerprint density at radius 1 is 1.39 bits per heavy atom. The van der Waals surface area contributed by atoms with Crippen LogP contribution >= 0.6 is 24.0 Å². The van der Waals surface area contributed by atoms with Crippen LogP contribution in [0.25, 0.3) is 0 Å². The minimum absolute atomic E-state index is 0. The van der Waals surface area contributed by atoms with Crippen LogP contribution < -0.4 is 5.32 Å². The predicted molar refractivity (Wildman–Crippen MR) is 114 cm³/mol. The van der Waals surface area contributed by atoms with Crippen LogP contribution in [0.5, 0.6) is 0 Å². The van der Waals surface area contributed by atoms with E-state index in [0.717, 1.165) is 50.9 Å². The van der Waals surface area contributed by atoms with Crippen molar-refractivity contribution in [3.8, 4) is 0 Å². The van der Waals surface area contributed by atoms with E-state index in [9.17, 15) is 10.1 Å². The number of rotatable bonds is 7. The van der Waals surface area contributed by atoms with E-state index in [1.807, 2.05) is 13.0 Å². The molecule has 2 aromatic heterocycles. The minimum Gasteiger partial charge on any atom is -0.364 e. The predicted octanol–water partition coefficient (Wildman–Crippen LogP) is 1.18. The number of aromatic nitrogens is 3. The summed E-state index contributed by atoms with van der Waals surface area (Å²) >= 11 is 0. The molecule has 0 bridgehead atoms. The lowest BCUT2D eigenvalue weighted by atomic mass is 10.3. The fraction of sp³-hybridized carbons (Fsp3) is 0.562. The summed E-state index contributed by atoms with van der Waals surface area (Å²) in [4.78, 5) is 19.5. The Balaban J connectivity index is 0.00000280. The van der Waals surface area contributed by atoms with E-state index in [1.54, 1.807) is 10.9 Å². The molecule has 0 saturated carbocycles. The average molecular weight is 504 g/mol. The Bertz CT molecular complexity index is 756. The SMILES string of the molecule is CCNC(=NCCn1cc([N+](=O)[O-])cn1)N1CCN(Cc2ccon2)CC1.I. The molecule has 11 nitrogen and oxygen atoms in total. The third kappa shape index (κ3) is 6.15. The Hall–Kier alpha value is -2.22. The minimum atomic E-state index is -0.449. The monoisotopic (exact) mass is 504 g/mol. The number of nitrogens with zero attached hydrogens (tertiary/aromatic N) is 7. The first-order valence-corrected chi connectivity index (χ1v) is 8.97. The second kappa shape index (κ2) is 10.9. The first-order chi connectivity index (χ1) is 13.2. The summed E-state index contributed by atoms with van der Waals surface area (Å²) in [5.74, 6) is 0.861. The fourth-order valence-electron chi connectivity index (χ4n) is 2.92. The van der Waals surface area contributed by atoms with Gasteiger partial charge in [0.2, 0.25) is 0 Å². The van der Waals surface area contributed by atoms with Crippen molar-refractivity contribution >= 4 is 35.6 Å². The molecule has 0 spiro atoms. The van der Waals surface area contributed by atoms with Crippen LogP contribution in [-0.2, 0) is 13.1 Å². The summed E-state index contributed by atoms with van der Waals surface area (Å²) in [6, 6.07) is 1.89. The summed E-state index contributed by atoms with van der Waals surface area (Å²) in [6.07, 6.45) is 4.27. The van der Waals surface area contributed by atoms with E-state index in [2.05, 4.69) is 30.4 Å². The van der Waals surface area contributed by atoms with Crippen molar-refractivity contribution in [2.45, 2.75) is 20.0 Å². The number of guanidine groups is 1. The second-order valence-corrected chi connectivity index (χ2v) is 6.21. The van der Waals surface area contributed by atoms with Crippen LogP contribution in [0.2, 0.25) is 0 Å². The van der Waals surface area contributed by atoms with E-state index >= 15 is 0 Å². The molecule has 3 rings (SSSR count). The molecule has 1 N–H and O–H groups in total. The van der Waals surface area contributed by atoms with Gasteiger partial charge in [0.25, 0.3) is 0 Å². The van der Waals surface area contributed by atoms with Crippen LogP contribution in [0.4, 0.5) is 5.69 Å². The van der Waals surface area contributed by atoms with Crippen LogP contribution in [0.15, 0.2) is 34.2 Å². The Morgan fingerprint density at radius 2 is 2.18 bits per heavy atom. The van der Waals surface area contributed by atoms with E-state index in [-0.39, 0.29) is 29.7 Å². The molecule has 0 radical (unpaired) electrons. The lowest BCUT2D eigenvalue weighted by Gasteiger charge is -2.36. The molecule has 3 heterocycles. The van der Waals surface area contributed by atoms with Gasteiger partial charge >= 0.3 is 5.69 Å². The summed E-state index contributed by atoms with van der Waals surface area (Å²) < 4.78 is 6.42. The van der Waals surface area contributed by atoms with Crippen molar-refractivity contribution in [1.29, 1.82) is 0 Å². The van der Waals surface area contributed by atoms with Crippen LogP contribution in [0.3, 0.4) is 0 Å². The molecule has 154 valence electrons. The van der Waals surface area contributed by atoms with Crippen molar-refractivity contribution in [3.05, 3.63) is 40.5 Å². The van der Waals surface area contributed by atoms with Crippen molar-refractivity contribution in [2.75, 3.05) is 39.3 Å². The zero-order valence-corrected chi connectivity index (χ0v) is 18.1. The van der Waals surface area contributed by atoms with Gasteiger partial charge in [-0.25, -0.2) is 0 Å². The van der Waals surface area contributed by atoms with Gasteiger partial charge in [-0.1, -0.05) is 5.16 Å². The van der Waals surface area contributed by atoms with E-state index in [4.69, 9.17) is 4.52 Å². The number of piperazine rings is 1. The highest BCUT2D eigenvalue weighted by atomic mass is 127. The van der Waals surface area contributed by atoms with Gasteiger partial charge in [0, 0.05) is 45.3 Å². The van der Waals surface area contributed by atoms with Crippen molar-refractivity contribution in [2.24, 2.45) is 4.99 Å². The highest BCUT2D eigenvalue weighted by Gasteiger charge is 2.20. The van der Waals surface area contributed by atoms with Crippen LogP contribution in [0.1, 0.15) is 12.6 Å². The number of nitrogens with one attached hydrogen (secondary N) is 1. The number of aliphatic imine (C=N–C) groups is 1. The number of nitro groups is 1. The van der Waals surface area contributed by atoms with Gasteiger partial charge in [-0.2, -0.15) is 5.10 Å². The standard InChI is InChI=1S/C16H24N8O3.HI/c1-2-17-16(18-4-5-23-13-15(11-19-23)24(25)26)22-8-6-21(7-9-22)12-14-3-10-27-20-14;/h3,10-11,13H,2,4-9,12H2,1H3,(H,17,18);1H. The van der Waals surface area contributed by atoms with Gasteiger partial charge in [-0.15, -0.1) is 24.0 Å². The summed E-state index contributed by atoms with van der Waals surface area (Å²) in [5, 5.41) is 22.0. The number of halogens is 1. The third-order valence-electron chi connectivity index (χ3n) is 4.30. The highest BCUT2D eigenvalue weighted by molar-refractivity contribution is 14.0. The number of hydrogen-bond donors (Lipinski definition) is 1. The lowest BCUT2D eigenvalue weighted by Crippen LogP contribution is -2.52. The molecular formula is C16H25IN8O3. The van der Waals surface area contributed by atoms with Gasteiger partial charge < -0.3 is 14.7 Å². The van der Waals surface area contributed by atoms with E-state index in [1.165, 1.54) is 12.4 Å². The molecule has 0 aromatic carbocycles. The van der Waals surface area contributed by atoms with Gasteiger partial charge in [-0.05, 0) is 6.92 Å². The van der Waals surface area contributed by atoms with E-state index in [0.29, 0.717) is 13.1 Å². The third-order valence-corrected chi connectivity index (χ3v) is 4.30. The summed E-state index contributed by atoms with van der Waals surface area (Å²) in [7, 11) is 0. The Labute approximate surface area is 179 Å². The zero-order chi connectivity index (χ0) is 19.1. The molecule has 0 unspecified atom stereocenters. The summed E-state index contributed by atoms with van der Waals surface area (Å²) in [5.41, 5.74) is 0.937. The molecule has 1 fully saturated rings.